The predicted octanol–water partition coefficient (Wildman–Crippen LogP) is -6.78. The van der Waals surface area contributed by atoms with Crippen LogP contribution in [0.4, 0.5) is 0 Å². The first-order chi connectivity index (χ1) is 24.2. The van der Waals surface area contributed by atoms with E-state index in [0.717, 1.165) is 0 Å². The van der Waals surface area contributed by atoms with Crippen molar-refractivity contribution in [3.63, 3.8) is 0 Å². The van der Waals surface area contributed by atoms with E-state index in [1.54, 1.807) is 0 Å². The normalized spacial score (nSPS) is 30.7. The third-order valence-corrected chi connectivity index (χ3v) is 9.28. The van der Waals surface area contributed by atoms with Gasteiger partial charge in [0, 0.05) is 0 Å². The van der Waals surface area contributed by atoms with Crippen LogP contribution in [0, 0.1) is 0 Å². The van der Waals surface area contributed by atoms with Crippen LogP contribution in [-0.4, -0.2) is 178 Å². The fourth-order valence-electron chi connectivity index (χ4n) is 4.24. The van der Waals surface area contributed by atoms with Gasteiger partial charge in [-0.15, -0.1) is 0 Å². The van der Waals surface area contributed by atoms with Crippen molar-refractivity contribution in [1.29, 1.82) is 0 Å². The molecule has 35 nitrogen and oxygen atoms in total. The molecule has 0 aromatic heterocycles. The Kier molecular flexibility index (Phi) is 15.6. The molecule has 0 aromatic rings. The zero-order chi connectivity index (χ0) is 43.0. The summed E-state index contributed by atoms with van der Waals surface area (Å²) < 4.78 is 307. The Hall–Kier alpha value is -1.16. The van der Waals surface area contributed by atoms with E-state index >= 15 is 0 Å². The van der Waals surface area contributed by atoms with Crippen LogP contribution in [0.1, 0.15) is 0 Å². The van der Waals surface area contributed by atoms with E-state index in [-0.39, 0.29) is 0 Å². The van der Waals surface area contributed by atoms with E-state index < -0.39 is 158 Å². The van der Waals surface area contributed by atoms with Crippen molar-refractivity contribution in [3.8, 4) is 0 Å². The third kappa shape index (κ3) is 18.1. The Morgan fingerprint density at radius 1 is 0.418 bits per heavy atom. The predicted molar refractivity (Wildman–Crippen MR) is 152 cm³/mol. The van der Waals surface area contributed by atoms with Crippen molar-refractivity contribution in [2.45, 2.75) is 54.8 Å². The summed E-state index contributed by atoms with van der Waals surface area (Å²) in [5.41, 5.74) is 0. The van der Waals surface area contributed by atoms with Crippen LogP contribution >= 0.6 is 0 Å². The zero-order valence-corrected chi connectivity index (χ0v) is 31.6. The molecule has 55 heavy (non-hydrogen) atoms. The summed E-state index contributed by atoms with van der Waals surface area (Å²) in [5.74, 6) is -4.12. The molecule has 0 saturated carbocycles. The summed E-state index contributed by atoms with van der Waals surface area (Å²) in [6.45, 7) is -6.25. The smallest absolute Gasteiger partial charge is 0.341 e. The van der Waals surface area contributed by atoms with E-state index in [9.17, 15) is 94.7 Å². The fourth-order valence-corrected chi connectivity index (χ4v) is 7.68. The molecule has 2 saturated heterocycles. The number of rotatable bonds is 21. The lowest BCUT2D eigenvalue weighted by Crippen LogP contribution is -2.65. The summed E-state index contributed by atoms with van der Waals surface area (Å²) in [4.78, 5) is 0. The minimum absolute atomic E-state index is 1.92. The van der Waals surface area contributed by atoms with Crippen LogP contribution in [0.2, 0.25) is 0 Å². The number of hydrogen-bond acceptors (Lipinski definition) is 27. The molecule has 2 fully saturated rings. The van der Waals surface area contributed by atoms with Gasteiger partial charge in [0.15, 0.2) is 18.5 Å². The highest BCUT2D eigenvalue weighted by atomic mass is 32.3. The second kappa shape index (κ2) is 17.2. The summed E-state index contributed by atoms with van der Waals surface area (Å²) >= 11 is 0. The van der Waals surface area contributed by atoms with Crippen molar-refractivity contribution in [2.75, 3.05) is 19.8 Å². The first-order valence-electron chi connectivity index (χ1n) is 12.3. The maximum Gasteiger partial charge on any atom is 0.397 e. The van der Waals surface area contributed by atoms with E-state index in [0.29, 0.717) is 0 Å². The molecule has 0 aromatic carbocycles. The molecule has 0 radical (unpaired) electrons. The van der Waals surface area contributed by atoms with Gasteiger partial charge in [0.2, 0.25) is 5.79 Å². The molecule has 0 spiro atoms. The Bertz CT molecular complexity index is 2280. The zero-order valence-electron chi connectivity index (χ0n) is 25.1. The fraction of sp³-hybridized carbons (Fsp3) is 1.00. The molecule has 8 N–H and O–H groups in total. The molecule has 2 heterocycles. The Balaban J connectivity index is 3.07. The molecular weight excluding hydrogens is 961 g/mol. The van der Waals surface area contributed by atoms with Gasteiger partial charge >= 0.3 is 83.2 Å². The second-order valence-corrected chi connectivity index (χ2v) is 18.2. The van der Waals surface area contributed by atoms with Crippen LogP contribution in [0.15, 0.2) is 0 Å². The van der Waals surface area contributed by atoms with E-state index in [1.165, 1.54) is 0 Å². The average Bonchev–Trinajstić information content (AvgIpc) is 3.15. The quantitative estimate of drug-likeness (QED) is 0.0496. The molecule has 2 aliphatic heterocycles. The third-order valence-electron chi connectivity index (χ3n) is 5.68. The van der Waals surface area contributed by atoms with Gasteiger partial charge < -0.3 is 14.2 Å². The Morgan fingerprint density at radius 3 is 1.18 bits per heavy atom. The van der Waals surface area contributed by atoms with E-state index in [2.05, 4.69) is 33.5 Å². The van der Waals surface area contributed by atoms with Crippen molar-refractivity contribution in [3.05, 3.63) is 0 Å². The molecule has 328 valence electrons. The first kappa shape index (κ1) is 50.0. The van der Waals surface area contributed by atoms with Gasteiger partial charge in [-0.2, -0.15) is 67.3 Å². The van der Waals surface area contributed by atoms with Gasteiger partial charge in [-0.1, -0.05) is 0 Å². The maximum absolute atomic E-state index is 11.9. The first-order valence-corrected chi connectivity index (χ1v) is 23.2. The van der Waals surface area contributed by atoms with Gasteiger partial charge in [-0.3, -0.25) is 36.4 Å². The Labute approximate surface area is 308 Å². The highest BCUT2D eigenvalue weighted by molar-refractivity contribution is 7.82. The minimum Gasteiger partial charge on any atom is -0.341 e. The molecule has 0 aliphatic carbocycles. The second-order valence-electron chi connectivity index (χ2n) is 9.64. The maximum atomic E-state index is 11.9. The Morgan fingerprint density at radius 2 is 0.782 bits per heavy atom. The van der Waals surface area contributed by atoms with Gasteiger partial charge in [-0.25, -0.2) is 33.5 Å². The molecule has 43 heteroatoms. The van der Waals surface area contributed by atoms with Crippen molar-refractivity contribution in [1.82, 2.24) is 0 Å². The molecule has 2 rings (SSSR count). The number of hydrogen-bond donors (Lipinski definition) is 8. The monoisotopic (exact) mass is 982 g/mol. The molecule has 0 bridgehead atoms. The molecule has 0 amide bonds. The van der Waals surface area contributed by atoms with Crippen LogP contribution < -0.4 is 0 Å². The van der Waals surface area contributed by atoms with Gasteiger partial charge in [0.25, 0.3) is 0 Å². The van der Waals surface area contributed by atoms with E-state index in [4.69, 9.17) is 23.3 Å². The van der Waals surface area contributed by atoms with Crippen LogP contribution in [0.3, 0.4) is 0 Å². The van der Waals surface area contributed by atoms with Crippen LogP contribution in [-0.2, 0) is 131 Å². The molecule has 2 unspecified atom stereocenters. The average molecular weight is 983 g/mol. The van der Waals surface area contributed by atoms with Crippen LogP contribution in [0.25, 0.3) is 0 Å². The molecule has 9 atom stereocenters. The SMILES string of the molecule is O=S(=O)(O)OC[C@H]1OC(COS(=O)(=O)O)(OC2O[C@H](COS(=O)(=O)O)[C@@H](OS(=O)(=O)O)[C@H](OS(=O)(=O)O)[C@H]2OS(=O)(=O)O)[C@@H](OS(=O)(=O)O)[C@@H]1OS(=O)(=O)O. The standard InChI is InChI=1S/C12H22O35S8/c13-48(14,15)37-1-4-6(43-51(22,23)24)8(45-53(28,29)30)9(46-54(31,32)33)11(40-4)42-12(3-39-50(19,20)21)10(47-55(34,35)36)7(44-52(25,26)27)5(41-12)2-38-49(16,17)18/h4-11H,1-3H2,(H,13,14,15)(H,16,17,18)(H,19,20,21)(H,22,23,24)(H,25,26,27)(H,28,29,30)(H,31,32,33)(H,34,35,36)/t4-,5-,6-,7-,8+,9-,10+,11?,12?/m1/s1. The van der Waals surface area contributed by atoms with Crippen molar-refractivity contribution >= 4 is 83.2 Å². The minimum atomic E-state index is -6.24. The summed E-state index contributed by atoms with van der Waals surface area (Å²) in [6.07, 6.45) is -26.0. The summed E-state index contributed by atoms with van der Waals surface area (Å²) in [7, 11) is -48.3. The lowest BCUT2D eigenvalue weighted by Gasteiger charge is -2.45. The van der Waals surface area contributed by atoms with Gasteiger partial charge in [0.1, 0.15) is 37.1 Å². The number of ether oxygens (including phenoxy) is 3. The largest absolute Gasteiger partial charge is 0.397 e. The van der Waals surface area contributed by atoms with Crippen molar-refractivity contribution in [2.24, 2.45) is 0 Å². The summed E-state index contributed by atoms with van der Waals surface area (Å²) in [6, 6.07) is 0. The summed E-state index contributed by atoms with van der Waals surface area (Å²) in [5, 5.41) is 0. The molecular formula is C12H22O35S8. The molecule has 2 aliphatic rings. The highest BCUT2D eigenvalue weighted by Gasteiger charge is 2.65. The topological polar surface area (TPSA) is 536 Å². The lowest BCUT2D eigenvalue weighted by molar-refractivity contribution is -0.374. The van der Waals surface area contributed by atoms with Gasteiger partial charge in [-0.05, 0) is 0 Å². The van der Waals surface area contributed by atoms with Gasteiger partial charge in [0.05, 0.1) is 13.2 Å². The highest BCUT2D eigenvalue weighted by Crippen LogP contribution is 2.42. The van der Waals surface area contributed by atoms with E-state index in [1.807, 2.05) is 0 Å². The van der Waals surface area contributed by atoms with Crippen molar-refractivity contribution < 1.29 is 151 Å². The lowest BCUT2D eigenvalue weighted by atomic mass is 9.99. The van der Waals surface area contributed by atoms with Crippen LogP contribution in [0.5, 0.6) is 0 Å².